The van der Waals surface area contributed by atoms with Crippen LogP contribution >= 0.6 is 0 Å². The first kappa shape index (κ1) is 13.8. The van der Waals surface area contributed by atoms with Crippen molar-refractivity contribution in [2.24, 2.45) is 0 Å². The molecule has 108 valence electrons. The SMILES string of the molecule is CC(NCc1cccc(F)c1F)c1cc2ccccc2o1. The number of hydrogen-bond donors (Lipinski definition) is 1. The molecule has 0 aliphatic rings. The van der Waals surface area contributed by atoms with E-state index in [1.807, 2.05) is 37.3 Å². The highest BCUT2D eigenvalue weighted by atomic mass is 19.2. The van der Waals surface area contributed by atoms with Crippen LogP contribution in [0.15, 0.2) is 52.9 Å². The van der Waals surface area contributed by atoms with Crippen molar-refractivity contribution in [3.63, 3.8) is 0 Å². The fourth-order valence-electron chi connectivity index (χ4n) is 2.26. The smallest absolute Gasteiger partial charge is 0.163 e. The van der Waals surface area contributed by atoms with Crippen LogP contribution in [0.25, 0.3) is 11.0 Å². The zero-order valence-electron chi connectivity index (χ0n) is 11.6. The lowest BCUT2D eigenvalue weighted by atomic mass is 10.1. The summed E-state index contributed by atoms with van der Waals surface area (Å²) in [7, 11) is 0. The van der Waals surface area contributed by atoms with E-state index in [2.05, 4.69) is 5.32 Å². The van der Waals surface area contributed by atoms with E-state index < -0.39 is 11.6 Å². The van der Waals surface area contributed by atoms with Crippen molar-refractivity contribution in [3.05, 3.63) is 71.5 Å². The first-order chi connectivity index (χ1) is 10.1. The lowest BCUT2D eigenvalue weighted by Crippen LogP contribution is -2.18. The lowest BCUT2D eigenvalue weighted by molar-refractivity contribution is 0.440. The summed E-state index contributed by atoms with van der Waals surface area (Å²) in [6.45, 7) is 2.16. The average Bonchev–Trinajstić information content (AvgIpc) is 2.92. The third kappa shape index (κ3) is 2.81. The molecule has 0 bridgehead atoms. The Balaban J connectivity index is 1.74. The van der Waals surface area contributed by atoms with Gasteiger partial charge in [0.1, 0.15) is 11.3 Å². The van der Waals surface area contributed by atoms with E-state index in [1.165, 1.54) is 6.07 Å². The van der Waals surface area contributed by atoms with Crippen LogP contribution in [0.5, 0.6) is 0 Å². The minimum absolute atomic E-state index is 0.0972. The summed E-state index contributed by atoms with van der Waals surface area (Å²) in [5.41, 5.74) is 1.12. The second-order valence-corrected chi connectivity index (χ2v) is 5.00. The van der Waals surface area contributed by atoms with Crippen LogP contribution in [0.2, 0.25) is 0 Å². The van der Waals surface area contributed by atoms with Gasteiger partial charge in [-0.3, -0.25) is 0 Å². The Hall–Kier alpha value is -2.20. The molecule has 0 aliphatic heterocycles. The Labute approximate surface area is 121 Å². The van der Waals surface area contributed by atoms with Gasteiger partial charge in [0, 0.05) is 17.5 Å². The first-order valence-electron chi connectivity index (χ1n) is 6.80. The van der Waals surface area contributed by atoms with Crippen molar-refractivity contribution in [1.82, 2.24) is 5.32 Å². The minimum atomic E-state index is -0.828. The van der Waals surface area contributed by atoms with Gasteiger partial charge in [0.05, 0.1) is 6.04 Å². The molecule has 21 heavy (non-hydrogen) atoms. The number of furan rings is 1. The van der Waals surface area contributed by atoms with Gasteiger partial charge >= 0.3 is 0 Å². The molecule has 2 aromatic carbocycles. The molecule has 4 heteroatoms. The van der Waals surface area contributed by atoms with Crippen LogP contribution in [0, 0.1) is 11.6 Å². The highest BCUT2D eigenvalue weighted by molar-refractivity contribution is 5.77. The van der Waals surface area contributed by atoms with Crippen molar-refractivity contribution in [2.75, 3.05) is 0 Å². The van der Waals surface area contributed by atoms with Gasteiger partial charge in [0.2, 0.25) is 0 Å². The van der Waals surface area contributed by atoms with Crippen molar-refractivity contribution < 1.29 is 13.2 Å². The standard InChI is InChI=1S/C17H15F2NO/c1-11(16-9-12-5-2-3-8-15(12)21-16)20-10-13-6-4-7-14(18)17(13)19/h2-9,11,20H,10H2,1H3. The van der Waals surface area contributed by atoms with Crippen molar-refractivity contribution in [2.45, 2.75) is 19.5 Å². The fraction of sp³-hybridized carbons (Fsp3) is 0.176. The van der Waals surface area contributed by atoms with Crippen LogP contribution in [0.3, 0.4) is 0 Å². The van der Waals surface area contributed by atoms with E-state index >= 15 is 0 Å². The molecule has 3 aromatic rings. The molecule has 1 atom stereocenters. The average molecular weight is 287 g/mol. The van der Waals surface area contributed by atoms with Gasteiger partial charge in [0.25, 0.3) is 0 Å². The van der Waals surface area contributed by atoms with Crippen LogP contribution in [-0.4, -0.2) is 0 Å². The Morgan fingerprint density at radius 3 is 2.71 bits per heavy atom. The third-order valence-electron chi connectivity index (χ3n) is 3.50. The lowest BCUT2D eigenvalue weighted by Gasteiger charge is -2.11. The molecular formula is C17H15F2NO. The molecule has 0 amide bonds. The van der Waals surface area contributed by atoms with Crippen molar-refractivity contribution in [3.8, 4) is 0 Å². The molecule has 3 rings (SSSR count). The monoisotopic (exact) mass is 287 g/mol. The molecule has 1 aromatic heterocycles. The van der Waals surface area contributed by atoms with Gasteiger partial charge in [-0.1, -0.05) is 30.3 Å². The minimum Gasteiger partial charge on any atom is -0.459 e. The number of halogens is 2. The molecule has 2 nitrogen and oxygen atoms in total. The Kier molecular flexibility index (Phi) is 3.71. The number of nitrogens with one attached hydrogen (secondary N) is 1. The highest BCUT2D eigenvalue weighted by Crippen LogP contribution is 2.24. The van der Waals surface area contributed by atoms with Gasteiger partial charge in [0.15, 0.2) is 11.6 Å². The van der Waals surface area contributed by atoms with Gasteiger partial charge in [-0.25, -0.2) is 8.78 Å². The normalized spacial score (nSPS) is 12.7. The summed E-state index contributed by atoms with van der Waals surface area (Å²) in [4.78, 5) is 0. The number of fused-ring (bicyclic) bond motifs is 1. The molecule has 0 fully saturated rings. The van der Waals surface area contributed by atoms with Crippen molar-refractivity contribution >= 4 is 11.0 Å². The first-order valence-corrected chi connectivity index (χ1v) is 6.80. The molecule has 1 heterocycles. The van der Waals surface area contributed by atoms with E-state index in [-0.39, 0.29) is 12.6 Å². The number of para-hydroxylation sites is 1. The van der Waals surface area contributed by atoms with Gasteiger partial charge in [-0.05, 0) is 25.1 Å². The highest BCUT2D eigenvalue weighted by Gasteiger charge is 2.13. The van der Waals surface area contributed by atoms with E-state index in [0.717, 1.165) is 22.8 Å². The van der Waals surface area contributed by atoms with Crippen LogP contribution in [0.1, 0.15) is 24.3 Å². The number of rotatable bonds is 4. The zero-order chi connectivity index (χ0) is 14.8. The zero-order valence-corrected chi connectivity index (χ0v) is 11.6. The summed E-state index contributed by atoms with van der Waals surface area (Å²) in [5.74, 6) is -0.861. The van der Waals surface area contributed by atoms with Gasteiger partial charge < -0.3 is 9.73 Å². The Morgan fingerprint density at radius 2 is 1.90 bits per heavy atom. The summed E-state index contributed by atoms with van der Waals surface area (Å²) in [5, 5.41) is 4.17. The van der Waals surface area contributed by atoms with E-state index in [1.54, 1.807) is 6.07 Å². The topological polar surface area (TPSA) is 25.2 Å². The maximum atomic E-state index is 13.6. The van der Waals surface area contributed by atoms with Crippen LogP contribution in [0.4, 0.5) is 8.78 Å². The van der Waals surface area contributed by atoms with Gasteiger partial charge in [-0.2, -0.15) is 0 Å². The molecule has 0 saturated carbocycles. The molecule has 0 aliphatic carbocycles. The van der Waals surface area contributed by atoms with E-state index in [0.29, 0.717) is 5.56 Å². The maximum Gasteiger partial charge on any atom is 0.163 e. The summed E-state index contributed by atoms with van der Waals surface area (Å²) >= 11 is 0. The fourth-order valence-corrected chi connectivity index (χ4v) is 2.26. The third-order valence-corrected chi connectivity index (χ3v) is 3.50. The molecular weight excluding hydrogens is 272 g/mol. The quantitative estimate of drug-likeness (QED) is 0.761. The molecule has 0 spiro atoms. The van der Waals surface area contributed by atoms with E-state index in [4.69, 9.17) is 4.42 Å². The molecule has 0 saturated heterocycles. The second-order valence-electron chi connectivity index (χ2n) is 5.00. The largest absolute Gasteiger partial charge is 0.459 e. The number of benzene rings is 2. The molecule has 0 radical (unpaired) electrons. The summed E-state index contributed by atoms with van der Waals surface area (Å²) < 4.78 is 32.5. The maximum absolute atomic E-state index is 13.6. The Morgan fingerprint density at radius 1 is 1.10 bits per heavy atom. The van der Waals surface area contributed by atoms with Crippen LogP contribution in [-0.2, 0) is 6.54 Å². The van der Waals surface area contributed by atoms with Gasteiger partial charge in [-0.15, -0.1) is 0 Å². The van der Waals surface area contributed by atoms with Crippen molar-refractivity contribution in [1.29, 1.82) is 0 Å². The predicted molar refractivity (Wildman–Crippen MR) is 77.8 cm³/mol. The summed E-state index contributed by atoms with van der Waals surface area (Å²) in [6, 6.07) is 13.8. The molecule has 1 unspecified atom stereocenters. The van der Waals surface area contributed by atoms with Crippen LogP contribution < -0.4 is 5.32 Å². The molecule has 1 N–H and O–H groups in total. The summed E-state index contributed by atoms with van der Waals surface area (Å²) in [6.07, 6.45) is 0. The predicted octanol–water partition coefficient (Wildman–Crippen LogP) is 4.56. The Bertz CT molecular complexity index is 733. The van der Waals surface area contributed by atoms with E-state index in [9.17, 15) is 8.78 Å². The number of hydrogen-bond acceptors (Lipinski definition) is 2. The second kappa shape index (κ2) is 5.66.